The lowest BCUT2D eigenvalue weighted by Gasteiger charge is -2.09. The molecule has 1 saturated carbocycles. The summed E-state index contributed by atoms with van der Waals surface area (Å²) in [7, 11) is 0. The SMILES string of the molecule is Nc1nc2ccccc2c2c1ncn2Cc1ccc(CNCCC2CC2)cc1. The molecule has 142 valence electrons. The molecule has 0 atom stereocenters. The number of nitrogens with one attached hydrogen (secondary N) is 1. The zero-order valence-corrected chi connectivity index (χ0v) is 15.9. The van der Waals surface area contributed by atoms with Crippen molar-refractivity contribution in [1.82, 2.24) is 19.9 Å². The van der Waals surface area contributed by atoms with Crippen molar-refractivity contribution in [3.8, 4) is 0 Å². The second-order valence-corrected chi connectivity index (χ2v) is 7.81. The molecule has 0 radical (unpaired) electrons. The molecule has 2 aromatic heterocycles. The molecule has 0 bridgehead atoms. The summed E-state index contributed by atoms with van der Waals surface area (Å²) in [6, 6.07) is 16.9. The van der Waals surface area contributed by atoms with Crippen LogP contribution in [0.1, 0.15) is 30.4 Å². The van der Waals surface area contributed by atoms with Gasteiger partial charge in [0.05, 0.1) is 17.4 Å². The van der Waals surface area contributed by atoms with Gasteiger partial charge in [0.1, 0.15) is 5.52 Å². The highest BCUT2D eigenvalue weighted by Gasteiger charge is 2.19. The van der Waals surface area contributed by atoms with Gasteiger partial charge in [-0.1, -0.05) is 55.3 Å². The van der Waals surface area contributed by atoms with Crippen LogP contribution in [0.25, 0.3) is 21.9 Å². The van der Waals surface area contributed by atoms with Crippen LogP contribution in [0.15, 0.2) is 54.9 Å². The van der Waals surface area contributed by atoms with Crippen molar-refractivity contribution in [3.05, 3.63) is 66.0 Å². The third kappa shape index (κ3) is 3.45. The van der Waals surface area contributed by atoms with Crippen molar-refractivity contribution in [2.24, 2.45) is 5.92 Å². The van der Waals surface area contributed by atoms with Crippen molar-refractivity contribution in [2.75, 3.05) is 12.3 Å². The van der Waals surface area contributed by atoms with Gasteiger partial charge in [-0.25, -0.2) is 9.97 Å². The molecule has 3 N–H and O–H groups in total. The van der Waals surface area contributed by atoms with Gasteiger partial charge < -0.3 is 15.6 Å². The van der Waals surface area contributed by atoms with Gasteiger partial charge in [0.2, 0.25) is 0 Å². The third-order valence-electron chi connectivity index (χ3n) is 5.61. The summed E-state index contributed by atoms with van der Waals surface area (Å²) in [6.45, 7) is 2.82. The number of nitrogens with zero attached hydrogens (tertiary/aromatic N) is 3. The van der Waals surface area contributed by atoms with Gasteiger partial charge in [0.25, 0.3) is 0 Å². The van der Waals surface area contributed by atoms with E-state index in [1.165, 1.54) is 30.4 Å². The van der Waals surface area contributed by atoms with Gasteiger partial charge in [-0.05, 0) is 36.1 Å². The number of hydrogen-bond acceptors (Lipinski definition) is 4. The van der Waals surface area contributed by atoms with E-state index in [0.29, 0.717) is 5.82 Å². The highest BCUT2D eigenvalue weighted by Crippen LogP contribution is 2.31. The Labute approximate surface area is 164 Å². The number of pyridine rings is 1. The molecule has 0 spiro atoms. The maximum absolute atomic E-state index is 6.14. The summed E-state index contributed by atoms with van der Waals surface area (Å²) in [5.74, 6) is 1.47. The predicted octanol–water partition coefficient (Wildman–Crippen LogP) is 4.10. The van der Waals surface area contributed by atoms with Gasteiger partial charge >= 0.3 is 0 Å². The molecule has 4 aromatic rings. The Kier molecular flexibility index (Phi) is 4.45. The van der Waals surface area contributed by atoms with E-state index < -0.39 is 0 Å². The summed E-state index contributed by atoms with van der Waals surface area (Å²) in [5.41, 5.74) is 11.4. The van der Waals surface area contributed by atoms with Crippen LogP contribution >= 0.6 is 0 Å². The molecule has 0 amide bonds. The molecule has 1 aliphatic carbocycles. The normalized spacial score (nSPS) is 14.1. The molecular formula is C23H25N5. The number of fused-ring (bicyclic) bond motifs is 3. The third-order valence-corrected chi connectivity index (χ3v) is 5.61. The number of aromatic nitrogens is 3. The average Bonchev–Trinajstić information content (AvgIpc) is 3.45. The molecule has 0 aliphatic heterocycles. The Balaban J connectivity index is 1.35. The topological polar surface area (TPSA) is 68.8 Å². The number of anilines is 1. The van der Waals surface area contributed by atoms with E-state index in [-0.39, 0.29) is 0 Å². The second-order valence-electron chi connectivity index (χ2n) is 7.81. The fourth-order valence-corrected chi connectivity index (χ4v) is 3.83. The fourth-order valence-electron chi connectivity index (χ4n) is 3.83. The Morgan fingerprint density at radius 1 is 1.04 bits per heavy atom. The van der Waals surface area contributed by atoms with Gasteiger partial charge in [-0.3, -0.25) is 0 Å². The molecule has 5 heteroatoms. The second kappa shape index (κ2) is 7.24. The molecule has 2 aromatic carbocycles. The van der Waals surface area contributed by atoms with Crippen LogP contribution in [0, 0.1) is 5.92 Å². The van der Waals surface area contributed by atoms with Gasteiger partial charge in [-0.2, -0.15) is 0 Å². The van der Waals surface area contributed by atoms with Crippen LogP contribution in [0.3, 0.4) is 0 Å². The average molecular weight is 371 g/mol. The maximum Gasteiger partial charge on any atom is 0.152 e. The lowest BCUT2D eigenvalue weighted by atomic mass is 10.1. The first-order valence-corrected chi connectivity index (χ1v) is 10.1. The van der Waals surface area contributed by atoms with Crippen molar-refractivity contribution in [3.63, 3.8) is 0 Å². The summed E-state index contributed by atoms with van der Waals surface area (Å²) in [5, 5.41) is 4.64. The number of para-hydroxylation sites is 1. The number of rotatable bonds is 7. The van der Waals surface area contributed by atoms with Crippen LogP contribution in [0.4, 0.5) is 5.82 Å². The Morgan fingerprint density at radius 3 is 2.64 bits per heavy atom. The molecular weight excluding hydrogens is 346 g/mol. The van der Waals surface area contributed by atoms with Gasteiger partial charge in [0.15, 0.2) is 5.82 Å². The van der Waals surface area contributed by atoms with Crippen molar-refractivity contribution in [1.29, 1.82) is 0 Å². The molecule has 1 fully saturated rings. The first-order chi connectivity index (χ1) is 13.8. The summed E-state index contributed by atoms with van der Waals surface area (Å²) in [4.78, 5) is 9.00. The van der Waals surface area contributed by atoms with E-state index >= 15 is 0 Å². The molecule has 0 saturated heterocycles. The molecule has 28 heavy (non-hydrogen) atoms. The Hall–Kier alpha value is -2.92. The maximum atomic E-state index is 6.14. The number of nitrogen functional groups attached to an aromatic ring is 1. The first-order valence-electron chi connectivity index (χ1n) is 10.1. The summed E-state index contributed by atoms with van der Waals surface area (Å²) >= 11 is 0. The zero-order valence-electron chi connectivity index (χ0n) is 15.9. The summed E-state index contributed by atoms with van der Waals surface area (Å²) < 4.78 is 2.17. The first kappa shape index (κ1) is 17.2. The fraction of sp³-hybridized carbons (Fsp3) is 0.304. The Morgan fingerprint density at radius 2 is 1.82 bits per heavy atom. The van der Waals surface area contributed by atoms with Crippen LogP contribution in [-0.2, 0) is 13.1 Å². The number of imidazole rings is 1. The number of hydrogen-bond donors (Lipinski definition) is 2. The number of benzene rings is 2. The van der Waals surface area contributed by atoms with Gasteiger partial charge in [-0.15, -0.1) is 0 Å². The minimum absolute atomic E-state index is 0.486. The van der Waals surface area contributed by atoms with Crippen LogP contribution < -0.4 is 11.1 Å². The smallest absolute Gasteiger partial charge is 0.152 e. The van der Waals surface area contributed by atoms with E-state index in [4.69, 9.17) is 5.73 Å². The summed E-state index contributed by atoms with van der Waals surface area (Å²) in [6.07, 6.45) is 6.03. The monoisotopic (exact) mass is 371 g/mol. The zero-order chi connectivity index (χ0) is 18.9. The minimum Gasteiger partial charge on any atom is -0.382 e. The lowest BCUT2D eigenvalue weighted by molar-refractivity contribution is 0.613. The van der Waals surface area contributed by atoms with Crippen LogP contribution in [0.2, 0.25) is 0 Å². The van der Waals surface area contributed by atoms with E-state index in [2.05, 4.69) is 50.2 Å². The largest absolute Gasteiger partial charge is 0.382 e. The quantitative estimate of drug-likeness (QED) is 0.480. The molecule has 5 nitrogen and oxygen atoms in total. The van der Waals surface area contributed by atoms with E-state index in [1.54, 1.807) is 0 Å². The van der Waals surface area contributed by atoms with E-state index in [1.807, 2.05) is 24.5 Å². The molecule has 0 unspecified atom stereocenters. The molecule has 2 heterocycles. The van der Waals surface area contributed by atoms with Crippen LogP contribution in [-0.4, -0.2) is 21.1 Å². The highest BCUT2D eigenvalue weighted by molar-refractivity contribution is 6.06. The van der Waals surface area contributed by atoms with Crippen LogP contribution in [0.5, 0.6) is 0 Å². The van der Waals surface area contributed by atoms with Gasteiger partial charge in [0, 0.05) is 18.5 Å². The van der Waals surface area contributed by atoms with E-state index in [0.717, 1.165) is 47.5 Å². The van der Waals surface area contributed by atoms with Crippen molar-refractivity contribution in [2.45, 2.75) is 32.4 Å². The Bertz CT molecular complexity index is 1110. The molecule has 1 aliphatic rings. The highest BCUT2D eigenvalue weighted by atomic mass is 15.1. The number of nitrogens with two attached hydrogens (primary N) is 1. The minimum atomic E-state index is 0.486. The van der Waals surface area contributed by atoms with Crippen molar-refractivity contribution >= 4 is 27.8 Å². The van der Waals surface area contributed by atoms with Crippen molar-refractivity contribution < 1.29 is 0 Å². The standard InChI is InChI=1S/C23H25N5/c24-23-21-22(19-3-1-2-4-20(19)27-23)28(15-26-21)14-18-9-7-17(8-10-18)13-25-12-11-16-5-6-16/h1-4,7-10,15-16,25H,5-6,11-14H2,(H2,24,27). The predicted molar refractivity (Wildman–Crippen MR) is 114 cm³/mol. The lowest BCUT2D eigenvalue weighted by Crippen LogP contribution is -2.15. The molecule has 5 rings (SSSR count). The van der Waals surface area contributed by atoms with E-state index in [9.17, 15) is 0 Å².